The molecule has 4 heterocycles. The van der Waals surface area contributed by atoms with E-state index in [1.165, 1.54) is 24.2 Å². The molecule has 9 heteroatoms. The molecule has 6 aromatic rings. The predicted octanol–water partition coefficient (Wildman–Crippen LogP) is 5.21. The number of benzene rings is 2. The molecule has 0 N–H and O–H groups in total. The molecule has 0 radical (unpaired) electrons. The smallest absolute Gasteiger partial charge is 0.217 e. The molecule has 0 atom stereocenters. The number of halogens is 1. The van der Waals surface area contributed by atoms with Gasteiger partial charge in [-0.05, 0) is 42.3 Å². The van der Waals surface area contributed by atoms with E-state index in [9.17, 15) is 4.39 Å². The van der Waals surface area contributed by atoms with Crippen LogP contribution < -0.4 is 0 Å². The Bertz CT molecular complexity index is 1650. The minimum atomic E-state index is -0.546. The van der Waals surface area contributed by atoms with Gasteiger partial charge in [-0.1, -0.05) is 48.2 Å². The van der Waals surface area contributed by atoms with Gasteiger partial charge in [0.2, 0.25) is 5.95 Å². The number of aromatic nitrogens is 7. The summed E-state index contributed by atoms with van der Waals surface area (Å²) in [6, 6.07) is 23.3. The lowest BCUT2D eigenvalue weighted by Gasteiger charge is -2.08. The molecule has 0 spiro atoms. The quantitative estimate of drug-likeness (QED) is 0.304. The van der Waals surface area contributed by atoms with Gasteiger partial charge in [0.1, 0.15) is 11.4 Å². The molecule has 0 bridgehead atoms. The predicted molar refractivity (Wildman–Crippen MR) is 131 cm³/mol. The summed E-state index contributed by atoms with van der Waals surface area (Å²) in [7, 11) is 0. The summed E-state index contributed by atoms with van der Waals surface area (Å²) in [5.41, 5.74) is 4.69. The second kappa shape index (κ2) is 9.19. The van der Waals surface area contributed by atoms with Gasteiger partial charge in [-0.25, -0.2) is 9.97 Å². The highest BCUT2D eigenvalue weighted by Gasteiger charge is 2.11. The zero-order chi connectivity index (χ0) is 23.6. The fourth-order valence-electron chi connectivity index (χ4n) is 3.96. The zero-order valence-corrected chi connectivity index (χ0v) is 19.2. The second-order valence-electron chi connectivity index (χ2n) is 7.90. The van der Waals surface area contributed by atoms with Gasteiger partial charge in [-0.15, -0.1) is 10.2 Å². The van der Waals surface area contributed by atoms with Crippen LogP contribution in [0.15, 0.2) is 95.2 Å². The highest BCUT2D eigenvalue weighted by molar-refractivity contribution is 7.99. The van der Waals surface area contributed by atoms with Crippen LogP contribution in [-0.4, -0.2) is 34.8 Å². The van der Waals surface area contributed by atoms with Crippen molar-refractivity contribution < 1.29 is 4.39 Å². The van der Waals surface area contributed by atoms with Crippen LogP contribution in [0.1, 0.15) is 11.4 Å². The number of aryl methyl sites for hydroxylation is 2. The van der Waals surface area contributed by atoms with Crippen LogP contribution in [0.25, 0.3) is 27.8 Å². The molecule has 4 aromatic heterocycles. The van der Waals surface area contributed by atoms with Gasteiger partial charge < -0.3 is 0 Å². The maximum absolute atomic E-state index is 13.4. The standard InChI is InChI=1S/C26H18FN7S/c27-23-15-26(30-16-29-23)35-19-7-8-20-17(12-13-28-22(20)14-19)6-10-24-31-32-25-11-9-21(33-34(24)25)18-4-2-1-3-5-18/h1-5,7-9,11-16H,6,10H2. The molecule has 2 aromatic carbocycles. The molecule has 0 aliphatic carbocycles. The number of nitrogens with zero attached hydrogens (tertiary/aromatic N) is 7. The summed E-state index contributed by atoms with van der Waals surface area (Å²) >= 11 is 1.37. The summed E-state index contributed by atoms with van der Waals surface area (Å²) in [5, 5.41) is 15.1. The van der Waals surface area contributed by atoms with E-state index in [2.05, 4.69) is 25.1 Å². The molecule has 0 aliphatic heterocycles. The van der Waals surface area contributed by atoms with E-state index in [0.717, 1.165) is 50.5 Å². The Hall–Kier alpha value is -4.24. The number of fused-ring (bicyclic) bond motifs is 2. The first kappa shape index (κ1) is 21.3. The van der Waals surface area contributed by atoms with Crippen LogP contribution in [0.3, 0.4) is 0 Å². The molecular formula is C26H18FN7S. The molecule has 0 amide bonds. The van der Waals surface area contributed by atoms with E-state index in [4.69, 9.17) is 5.10 Å². The number of hydrogen-bond acceptors (Lipinski definition) is 7. The molecule has 170 valence electrons. The van der Waals surface area contributed by atoms with E-state index < -0.39 is 5.95 Å². The molecule has 6 rings (SSSR count). The van der Waals surface area contributed by atoms with Crippen molar-refractivity contribution in [1.29, 1.82) is 0 Å². The largest absolute Gasteiger partial charge is 0.256 e. The summed E-state index contributed by atoms with van der Waals surface area (Å²) in [6.45, 7) is 0. The van der Waals surface area contributed by atoms with Gasteiger partial charge in [0.15, 0.2) is 11.5 Å². The SMILES string of the molecule is Fc1cc(Sc2ccc3c(CCc4nnc5ccc(-c6ccccc6)nn45)ccnc3c2)ncn1. The summed E-state index contributed by atoms with van der Waals surface area (Å²) in [4.78, 5) is 13.1. The fraction of sp³-hybridized carbons (Fsp3) is 0.0769. The lowest BCUT2D eigenvalue weighted by atomic mass is 10.0. The van der Waals surface area contributed by atoms with Gasteiger partial charge >= 0.3 is 0 Å². The first-order chi connectivity index (χ1) is 17.2. The lowest BCUT2D eigenvalue weighted by molar-refractivity contribution is 0.572. The summed E-state index contributed by atoms with van der Waals surface area (Å²) in [5.74, 6) is 0.260. The highest BCUT2D eigenvalue weighted by atomic mass is 32.2. The van der Waals surface area contributed by atoms with E-state index in [-0.39, 0.29) is 0 Å². The van der Waals surface area contributed by atoms with Crippen molar-refractivity contribution in [2.45, 2.75) is 22.8 Å². The van der Waals surface area contributed by atoms with E-state index in [0.29, 0.717) is 11.4 Å². The minimum absolute atomic E-state index is 0.546. The van der Waals surface area contributed by atoms with Crippen molar-refractivity contribution >= 4 is 28.3 Å². The molecular weight excluding hydrogens is 461 g/mol. The van der Waals surface area contributed by atoms with Crippen LogP contribution in [0.2, 0.25) is 0 Å². The number of pyridine rings is 1. The molecule has 7 nitrogen and oxygen atoms in total. The average Bonchev–Trinajstić information content (AvgIpc) is 3.30. The Kier molecular flexibility index (Phi) is 5.59. The van der Waals surface area contributed by atoms with Gasteiger partial charge in [-0.2, -0.15) is 14.0 Å². The van der Waals surface area contributed by atoms with Crippen LogP contribution in [0, 0.1) is 5.95 Å². The fourth-order valence-corrected chi connectivity index (χ4v) is 4.77. The Morgan fingerprint density at radius 2 is 1.74 bits per heavy atom. The first-order valence-electron chi connectivity index (χ1n) is 11.0. The third-order valence-corrected chi connectivity index (χ3v) is 6.57. The minimum Gasteiger partial charge on any atom is -0.256 e. The van der Waals surface area contributed by atoms with Crippen molar-refractivity contribution in [1.82, 2.24) is 34.8 Å². The highest BCUT2D eigenvalue weighted by Crippen LogP contribution is 2.29. The Morgan fingerprint density at radius 3 is 2.63 bits per heavy atom. The van der Waals surface area contributed by atoms with Crippen molar-refractivity contribution in [3.05, 3.63) is 103 Å². The molecule has 0 saturated carbocycles. The van der Waals surface area contributed by atoms with Crippen molar-refractivity contribution in [3.8, 4) is 11.3 Å². The number of hydrogen-bond donors (Lipinski definition) is 0. The monoisotopic (exact) mass is 479 g/mol. The zero-order valence-electron chi connectivity index (χ0n) is 18.4. The van der Waals surface area contributed by atoms with Gasteiger partial charge in [0.05, 0.1) is 11.2 Å². The Labute approximate surface area is 204 Å². The molecule has 0 unspecified atom stereocenters. The van der Waals surface area contributed by atoms with Crippen LogP contribution in [0.4, 0.5) is 4.39 Å². The third-order valence-electron chi connectivity index (χ3n) is 5.65. The molecule has 0 fully saturated rings. The third kappa shape index (κ3) is 4.45. The van der Waals surface area contributed by atoms with Gasteiger partial charge in [-0.3, -0.25) is 4.98 Å². The Morgan fingerprint density at radius 1 is 0.829 bits per heavy atom. The van der Waals surface area contributed by atoms with E-state index in [1.807, 2.05) is 77.4 Å². The van der Waals surface area contributed by atoms with Gasteiger partial charge in [0.25, 0.3) is 0 Å². The van der Waals surface area contributed by atoms with E-state index in [1.54, 1.807) is 0 Å². The van der Waals surface area contributed by atoms with Crippen molar-refractivity contribution in [2.24, 2.45) is 0 Å². The summed E-state index contributed by atoms with van der Waals surface area (Å²) < 4.78 is 15.2. The first-order valence-corrected chi connectivity index (χ1v) is 11.8. The van der Waals surface area contributed by atoms with E-state index >= 15 is 0 Å². The Balaban J connectivity index is 1.25. The van der Waals surface area contributed by atoms with Gasteiger partial charge in [0, 0.05) is 34.5 Å². The van der Waals surface area contributed by atoms with Crippen LogP contribution >= 0.6 is 11.8 Å². The lowest BCUT2D eigenvalue weighted by Crippen LogP contribution is -2.03. The molecule has 35 heavy (non-hydrogen) atoms. The van der Waals surface area contributed by atoms with Crippen molar-refractivity contribution in [3.63, 3.8) is 0 Å². The topological polar surface area (TPSA) is 81.8 Å². The maximum Gasteiger partial charge on any atom is 0.217 e. The maximum atomic E-state index is 13.4. The van der Waals surface area contributed by atoms with Crippen LogP contribution in [0.5, 0.6) is 0 Å². The second-order valence-corrected chi connectivity index (χ2v) is 8.99. The molecule has 0 aliphatic rings. The number of rotatable bonds is 6. The summed E-state index contributed by atoms with van der Waals surface area (Å²) in [6.07, 6.45) is 4.48. The van der Waals surface area contributed by atoms with Crippen LogP contribution in [-0.2, 0) is 12.8 Å². The molecule has 0 saturated heterocycles. The average molecular weight is 480 g/mol. The van der Waals surface area contributed by atoms with Crippen molar-refractivity contribution in [2.75, 3.05) is 0 Å². The normalized spacial score (nSPS) is 11.3.